The molecule has 0 spiro atoms. The summed E-state index contributed by atoms with van der Waals surface area (Å²) in [4.78, 5) is 15.3. The van der Waals surface area contributed by atoms with Gasteiger partial charge in [-0.05, 0) is 46.2 Å². The predicted octanol–water partition coefficient (Wildman–Crippen LogP) is 7.79. The van der Waals surface area contributed by atoms with Crippen molar-refractivity contribution in [1.82, 2.24) is 0 Å². The van der Waals surface area contributed by atoms with Crippen LogP contribution in [-0.2, 0) is 6.42 Å². The van der Waals surface area contributed by atoms with E-state index in [4.69, 9.17) is 0 Å². The summed E-state index contributed by atoms with van der Waals surface area (Å²) >= 11 is 1.88. The molecule has 0 amide bonds. The molecule has 0 saturated carbocycles. The molecule has 32 heavy (non-hydrogen) atoms. The van der Waals surface area contributed by atoms with E-state index in [0.29, 0.717) is 0 Å². The fourth-order valence-corrected chi connectivity index (χ4v) is 5.71. The molecular weight excluding hydrogens is 408 g/mol. The molecule has 0 fully saturated rings. The quantitative estimate of drug-likeness (QED) is 0.245. The van der Waals surface area contributed by atoms with Gasteiger partial charge in [0.05, 0.1) is 0 Å². The van der Waals surface area contributed by atoms with Crippen LogP contribution in [-0.4, -0.2) is 5.78 Å². The Balaban J connectivity index is 0.000000126. The maximum Gasteiger partial charge on any atom is 0.194 e. The molecule has 1 aliphatic carbocycles. The largest absolute Gasteiger partial charge is 0.289 e. The van der Waals surface area contributed by atoms with Gasteiger partial charge >= 0.3 is 0 Å². The Hall–Kier alpha value is -3.62. The highest BCUT2D eigenvalue weighted by atomic mass is 32.2. The number of carbonyl (C=O) groups excluding carboxylic acids is 1. The number of rotatable bonds is 0. The fraction of sp³-hybridized carbons (Fsp3) is 0.0333. The van der Waals surface area contributed by atoms with Crippen molar-refractivity contribution >= 4 is 28.3 Å². The Labute approximate surface area is 191 Å². The van der Waals surface area contributed by atoms with E-state index < -0.39 is 0 Å². The van der Waals surface area contributed by atoms with E-state index in [-0.39, 0.29) is 5.78 Å². The van der Waals surface area contributed by atoms with E-state index >= 15 is 0 Å². The molecule has 0 saturated heterocycles. The van der Waals surface area contributed by atoms with Crippen molar-refractivity contribution in [3.05, 3.63) is 131 Å². The molecule has 7 rings (SSSR count). The van der Waals surface area contributed by atoms with Crippen molar-refractivity contribution < 1.29 is 4.79 Å². The van der Waals surface area contributed by atoms with Crippen molar-refractivity contribution in [2.75, 3.05) is 0 Å². The van der Waals surface area contributed by atoms with Gasteiger partial charge in [-0.25, -0.2) is 0 Å². The zero-order chi connectivity index (χ0) is 21.5. The standard InChI is InChI=1S/C17H10O.C13H10S/c18-17-14-8-2-1-7-12(14)13-9-3-5-11-6-4-10-15(17)16(11)13;1-3-7-12-10(5-1)9-11-6-2-4-8-13(11)14-12/h1-10H;1-8H,9H2. The molecule has 0 aromatic heterocycles. The van der Waals surface area contributed by atoms with Crippen molar-refractivity contribution in [2.24, 2.45) is 0 Å². The Morgan fingerprint density at radius 2 is 1.03 bits per heavy atom. The maximum absolute atomic E-state index is 12.5. The van der Waals surface area contributed by atoms with Gasteiger partial charge in [0.15, 0.2) is 5.78 Å². The van der Waals surface area contributed by atoms with Gasteiger partial charge in [0.1, 0.15) is 0 Å². The van der Waals surface area contributed by atoms with Crippen LogP contribution in [0.15, 0.2) is 119 Å². The number of hydrogen-bond acceptors (Lipinski definition) is 2. The number of ketones is 1. The third kappa shape index (κ3) is 3.16. The van der Waals surface area contributed by atoms with E-state index in [9.17, 15) is 4.79 Å². The highest BCUT2D eigenvalue weighted by Gasteiger charge is 2.23. The third-order valence-electron chi connectivity index (χ3n) is 6.16. The summed E-state index contributed by atoms with van der Waals surface area (Å²) in [5, 5.41) is 2.22. The second-order valence-electron chi connectivity index (χ2n) is 8.08. The van der Waals surface area contributed by atoms with Gasteiger partial charge in [-0.2, -0.15) is 0 Å². The fourth-order valence-electron chi connectivity index (χ4n) is 4.64. The number of carbonyl (C=O) groups is 1. The molecule has 0 unspecified atom stereocenters. The molecule has 1 aliphatic heterocycles. The molecule has 1 nitrogen and oxygen atoms in total. The van der Waals surface area contributed by atoms with E-state index in [1.165, 1.54) is 26.5 Å². The zero-order valence-corrected chi connectivity index (χ0v) is 18.2. The molecule has 152 valence electrons. The van der Waals surface area contributed by atoms with Gasteiger partial charge in [0, 0.05) is 26.3 Å². The summed E-state index contributed by atoms with van der Waals surface area (Å²) in [6.45, 7) is 0. The summed E-state index contributed by atoms with van der Waals surface area (Å²) in [7, 11) is 0. The van der Waals surface area contributed by atoms with Crippen molar-refractivity contribution in [3.8, 4) is 11.1 Å². The average molecular weight is 429 g/mol. The predicted molar refractivity (Wildman–Crippen MR) is 133 cm³/mol. The maximum atomic E-state index is 12.5. The lowest BCUT2D eigenvalue weighted by atomic mass is 9.83. The number of fused-ring (bicyclic) bond motifs is 4. The molecule has 0 radical (unpaired) electrons. The monoisotopic (exact) mass is 428 g/mol. The smallest absolute Gasteiger partial charge is 0.194 e. The minimum atomic E-state index is 0.134. The van der Waals surface area contributed by atoms with Crippen LogP contribution in [0.3, 0.4) is 0 Å². The molecular formula is C30H20OS. The molecule has 5 aromatic rings. The summed E-state index contributed by atoms with van der Waals surface area (Å²) in [5.74, 6) is 0.134. The SMILES string of the molecule is O=C1c2ccccc2-c2cccc3cccc1c23.c1ccc2c(c1)Cc1ccccc1S2. The molecule has 2 aliphatic rings. The van der Waals surface area contributed by atoms with Crippen molar-refractivity contribution in [3.63, 3.8) is 0 Å². The van der Waals surface area contributed by atoms with E-state index in [2.05, 4.69) is 66.7 Å². The molecule has 1 heterocycles. The van der Waals surface area contributed by atoms with E-state index in [0.717, 1.165) is 33.9 Å². The Morgan fingerprint density at radius 3 is 1.72 bits per heavy atom. The Bertz CT molecular complexity index is 1410. The molecule has 0 N–H and O–H groups in total. The first-order valence-corrected chi connectivity index (χ1v) is 11.6. The summed E-state index contributed by atoms with van der Waals surface area (Å²) in [5.41, 5.74) is 6.75. The average Bonchev–Trinajstić information content (AvgIpc) is 2.86. The summed E-state index contributed by atoms with van der Waals surface area (Å²) in [6.07, 6.45) is 1.08. The molecule has 5 aromatic carbocycles. The third-order valence-corrected chi connectivity index (χ3v) is 7.39. The lowest BCUT2D eigenvalue weighted by Gasteiger charge is -2.19. The molecule has 0 bridgehead atoms. The lowest BCUT2D eigenvalue weighted by molar-refractivity contribution is 0.104. The minimum Gasteiger partial charge on any atom is -0.289 e. The summed E-state index contributed by atoms with van der Waals surface area (Å²) < 4.78 is 0. The van der Waals surface area contributed by atoms with Crippen LogP contribution in [0.4, 0.5) is 0 Å². The Kier molecular flexibility index (Phi) is 4.66. The van der Waals surface area contributed by atoms with Crippen molar-refractivity contribution in [1.29, 1.82) is 0 Å². The van der Waals surface area contributed by atoms with Gasteiger partial charge in [-0.15, -0.1) is 0 Å². The van der Waals surface area contributed by atoms with Crippen LogP contribution in [0.5, 0.6) is 0 Å². The van der Waals surface area contributed by atoms with Gasteiger partial charge in [0.2, 0.25) is 0 Å². The van der Waals surface area contributed by atoms with E-state index in [1.54, 1.807) is 0 Å². The van der Waals surface area contributed by atoms with Crippen LogP contribution >= 0.6 is 11.8 Å². The van der Waals surface area contributed by atoms with Crippen LogP contribution in [0.25, 0.3) is 21.9 Å². The van der Waals surface area contributed by atoms with Gasteiger partial charge < -0.3 is 0 Å². The molecule has 2 heteroatoms. The first-order chi connectivity index (χ1) is 15.8. The van der Waals surface area contributed by atoms with Gasteiger partial charge in [-0.1, -0.05) is 109 Å². The number of benzene rings is 5. The van der Waals surface area contributed by atoms with Gasteiger partial charge in [-0.3, -0.25) is 4.79 Å². The van der Waals surface area contributed by atoms with E-state index in [1.807, 2.05) is 54.2 Å². The van der Waals surface area contributed by atoms with Crippen LogP contribution in [0, 0.1) is 0 Å². The minimum absolute atomic E-state index is 0.134. The van der Waals surface area contributed by atoms with Crippen LogP contribution in [0.1, 0.15) is 27.0 Å². The molecule has 0 atom stereocenters. The normalized spacial score (nSPS) is 12.8. The second kappa shape index (κ2) is 7.81. The van der Waals surface area contributed by atoms with Crippen LogP contribution in [0.2, 0.25) is 0 Å². The lowest BCUT2D eigenvalue weighted by Crippen LogP contribution is -2.09. The first kappa shape index (κ1) is 19.1. The summed E-state index contributed by atoms with van der Waals surface area (Å²) in [6, 6.07) is 37.3. The second-order valence-corrected chi connectivity index (χ2v) is 9.16. The van der Waals surface area contributed by atoms with Crippen LogP contribution < -0.4 is 0 Å². The topological polar surface area (TPSA) is 17.1 Å². The highest BCUT2D eigenvalue weighted by molar-refractivity contribution is 7.99. The zero-order valence-electron chi connectivity index (χ0n) is 17.4. The first-order valence-electron chi connectivity index (χ1n) is 10.8. The van der Waals surface area contributed by atoms with Gasteiger partial charge in [0.25, 0.3) is 0 Å². The highest BCUT2D eigenvalue weighted by Crippen LogP contribution is 2.40. The van der Waals surface area contributed by atoms with Crippen molar-refractivity contribution in [2.45, 2.75) is 16.2 Å². The number of hydrogen-bond donors (Lipinski definition) is 0. The Morgan fingerprint density at radius 1 is 0.500 bits per heavy atom.